The number of hydrogen-bond donors (Lipinski definition) is 2. The number of carbonyl (C=O) groups is 1. The summed E-state index contributed by atoms with van der Waals surface area (Å²) in [4.78, 5) is 14.1. The van der Waals surface area contributed by atoms with Crippen molar-refractivity contribution in [2.45, 2.75) is 32.4 Å². The van der Waals surface area contributed by atoms with Crippen LogP contribution >= 0.6 is 15.9 Å². The van der Waals surface area contributed by atoms with Gasteiger partial charge in [0.2, 0.25) is 0 Å². The van der Waals surface area contributed by atoms with Crippen molar-refractivity contribution in [1.29, 1.82) is 0 Å². The van der Waals surface area contributed by atoms with Gasteiger partial charge in [-0.3, -0.25) is 4.79 Å². The van der Waals surface area contributed by atoms with E-state index in [2.05, 4.69) is 28.2 Å². The van der Waals surface area contributed by atoms with E-state index >= 15 is 0 Å². The number of hydrogen-bond acceptors (Lipinski definition) is 3. The Morgan fingerprint density at radius 1 is 1.55 bits per heavy atom. The van der Waals surface area contributed by atoms with E-state index in [1.807, 2.05) is 29.8 Å². The van der Waals surface area contributed by atoms with Crippen molar-refractivity contribution in [1.82, 2.24) is 14.8 Å². The minimum Gasteiger partial charge on any atom is -0.387 e. The van der Waals surface area contributed by atoms with E-state index in [4.69, 9.17) is 0 Å². The Morgan fingerprint density at radius 3 is 2.75 bits per heavy atom. The van der Waals surface area contributed by atoms with Crippen LogP contribution in [0.5, 0.6) is 0 Å². The van der Waals surface area contributed by atoms with Gasteiger partial charge in [-0.15, -0.1) is 0 Å². The molecule has 0 spiro atoms. The van der Waals surface area contributed by atoms with E-state index in [1.165, 1.54) is 0 Å². The summed E-state index contributed by atoms with van der Waals surface area (Å²) in [6.07, 6.45) is 2.86. The highest BCUT2D eigenvalue weighted by Crippen LogP contribution is 2.15. The van der Waals surface area contributed by atoms with Crippen molar-refractivity contribution in [3.63, 3.8) is 0 Å². The maximum absolute atomic E-state index is 12.2. The molecule has 0 saturated heterocycles. The Morgan fingerprint density at radius 2 is 2.20 bits per heavy atom. The Kier molecular flexibility index (Phi) is 6.23. The molecule has 1 amide bonds. The molecule has 0 aliphatic rings. The molecule has 1 aromatic heterocycles. The number of nitrogens with one attached hydrogen (secondary N) is 1. The molecule has 6 heteroatoms. The lowest BCUT2D eigenvalue weighted by molar-refractivity contribution is 0.0324. The van der Waals surface area contributed by atoms with Gasteiger partial charge in [-0.2, -0.15) is 0 Å². The van der Waals surface area contributed by atoms with E-state index in [0.717, 1.165) is 17.4 Å². The standard InChI is InChI=1S/C14H24BrN3O2/c1-5-6-18-8-11(15)7-12(18)13(19)16-9-14(2,20)10-17(3)4/h7-8,20H,5-6,9-10H2,1-4H3,(H,16,19). The highest BCUT2D eigenvalue weighted by Gasteiger charge is 2.23. The van der Waals surface area contributed by atoms with Gasteiger partial charge in [0.1, 0.15) is 5.69 Å². The molecule has 0 aliphatic carbocycles. The number of amides is 1. The van der Waals surface area contributed by atoms with Crippen molar-refractivity contribution in [3.8, 4) is 0 Å². The van der Waals surface area contributed by atoms with E-state index in [9.17, 15) is 9.90 Å². The first-order chi connectivity index (χ1) is 9.25. The Bertz CT molecular complexity index is 455. The normalized spacial score (nSPS) is 14.3. The second-order valence-corrected chi connectivity index (χ2v) is 6.57. The molecule has 1 aromatic rings. The molecule has 20 heavy (non-hydrogen) atoms. The molecule has 0 aliphatic heterocycles. The first-order valence-corrected chi connectivity index (χ1v) is 7.55. The fourth-order valence-electron chi connectivity index (χ4n) is 2.19. The van der Waals surface area contributed by atoms with Crippen molar-refractivity contribution < 1.29 is 9.90 Å². The minimum atomic E-state index is -0.946. The predicted octanol–water partition coefficient (Wildman–Crippen LogP) is 1.70. The third kappa shape index (κ3) is 5.26. The van der Waals surface area contributed by atoms with E-state index in [1.54, 1.807) is 13.0 Å². The topological polar surface area (TPSA) is 57.5 Å². The molecule has 1 rings (SSSR count). The van der Waals surface area contributed by atoms with E-state index < -0.39 is 5.60 Å². The van der Waals surface area contributed by atoms with Crippen molar-refractivity contribution >= 4 is 21.8 Å². The van der Waals surface area contributed by atoms with E-state index in [0.29, 0.717) is 12.2 Å². The van der Waals surface area contributed by atoms with Gasteiger partial charge in [0.15, 0.2) is 0 Å². The average molecular weight is 346 g/mol. The number of likely N-dealkylation sites (N-methyl/N-ethyl adjacent to an activating group) is 1. The van der Waals surface area contributed by atoms with Crippen LogP contribution in [0, 0.1) is 0 Å². The van der Waals surface area contributed by atoms with Crippen LogP contribution in [0.25, 0.3) is 0 Å². The average Bonchev–Trinajstić information content (AvgIpc) is 2.66. The Balaban J connectivity index is 2.67. The minimum absolute atomic E-state index is 0.164. The second-order valence-electron chi connectivity index (χ2n) is 5.65. The molecule has 0 radical (unpaired) electrons. The molecule has 0 bridgehead atoms. The number of carbonyl (C=O) groups excluding carboxylic acids is 1. The fraction of sp³-hybridized carbons (Fsp3) is 0.643. The van der Waals surface area contributed by atoms with Crippen LogP contribution in [-0.4, -0.2) is 53.3 Å². The lowest BCUT2D eigenvalue weighted by Crippen LogP contribution is -2.47. The number of aromatic nitrogens is 1. The quantitative estimate of drug-likeness (QED) is 0.790. The summed E-state index contributed by atoms with van der Waals surface area (Å²) in [5.41, 5.74) is -0.335. The van der Waals surface area contributed by atoms with Gasteiger partial charge in [0.05, 0.1) is 5.60 Å². The smallest absolute Gasteiger partial charge is 0.268 e. The van der Waals surface area contributed by atoms with Crippen LogP contribution < -0.4 is 5.32 Å². The van der Waals surface area contributed by atoms with Crippen LogP contribution in [-0.2, 0) is 6.54 Å². The molecule has 0 aromatic carbocycles. The molecular formula is C14H24BrN3O2. The molecule has 1 atom stereocenters. The van der Waals surface area contributed by atoms with Gasteiger partial charge >= 0.3 is 0 Å². The molecular weight excluding hydrogens is 322 g/mol. The number of aryl methyl sites for hydroxylation is 1. The number of halogens is 1. The second kappa shape index (κ2) is 7.24. The Labute approximate surface area is 129 Å². The summed E-state index contributed by atoms with van der Waals surface area (Å²) >= 11 is 3.39. The number of nitrogens with zero attached hydrogens (tertiary/aromatic N) is 2. The lowest BCUT2D eigenvalue weighted by Gasteiger charge is -2.27. The van der Waals surface area contributed by atoms with Gasteiger partial charge in [-0.1, -0.05) is 6.92 Å². The maximum atomic E-state index is 12.2. The number of aliphatic hydroxyl groups is 1. The van der Waals surface area contributed by atoms with Crippen LogP contribution in [0.2, 0.25) is 0 Å². The molecule has 2 N–H and O–H groups in total. The molecule has 1 heterocycles. The fourth-order valence-corrected chi connectivity index (χ4v) is 2.65. The van der Waals surface area contributed by atoms with Gasteiger partial charge in [-0.05, 0) is 49.4 Å². The molecule has 0 fully saturated rings. The summed E-state index contributed by atoms with van der Waals surface area (Å²) in [6, 6.07) is 1.80. The van der Waals surface area contributed by atoms with Crippen molar-refractivity contribution in [2.75, 3.05) is 27.2 Å². The monoisotopic (exact) mass is 345 g/mol. The predicted molar refractivity (Wildman–Crippen MR) is 83.9 cm³/mol. The summed E-state index contributed by atoms with van der Waals surface area (Å²) in [5.74, 6) is -0.164. The molecule has 5 nitrogen and oxygen atoms in total. The number of rotatable bonds is 7. The zero-order valence-corrected chi connectivity index (χ0v) is 14.2. The maximum Gasteiger partial charge on any atom is 0.268 e. The SMILES string of the molecule is CCCn1cc(Br)cc1C(=O)NCC(C)(O)CN(C)C. The largest absolute Gasteiger partial charge is 0.387 e. The zero-order chi connectivity index (χ0) is 15.3. The summed E-state index contributed by atoms with van der Waals surface area (Å²) in [7, 11) is 3.78. The summed E-state index contributed by atoms with van der Waals surface area (Å²) in [6.45, 7) is 5.29. The van der Waals surface area contributed by atoms with Crippen LogP contribution in [0.3, 0.4) is 0 Å². The molecule has 0 saturated carbocycles. The highest BCUT2D eigenvalue weighted by molar-refractivity contribution is 9.10. The third-order valence-electron chi connectivity index (χ3n) is 2.85. The van der Waals surface area contributed by atoms with E-state index in [-0.39, 0.29) is 12.5 Å². The first-order valence-electron chi connectivity index (χ1n) is 6.76. The first kappa shape index (κ1) is 17.2. The molecule has 114 valence electrons. The van der Waals surface area contributed by atoms with Crippen LogP contribution in [0.4, 0.5) is 0 Å². The molecule has 1 unspecified atom stereocenters. The highest BCUT2D eigenvalue weighted by atomic mass is 79.9. The lowest BCUT2D eigenvalue weighted by atomic mass is 10.1. The Hall–Kier alpha value is -0.850. The van der Waals surface area contributed by atoms with Gasteiger partial charge in [-0.25, -0.2) is 0 Å². The van der Waals surface area contributed by atoms with Crippen molar-refractivity contribution in [2.24, 2.45) is 0 Å². The van der Waals surface area contributed by atoms with Crippen molar-refractivity contribution in [3.05, 3.63) is 22.4 Å². The summed E-state index contributed by atoms with van der Waals surface area (Å²) < 4.78 is 2.80. The van der Waals surface area contributed by atoms with Gasteiger partial charge in [0, 0.05) is 30.3 Å². The van der Waals surface area contributed by atoms with Gasteiger partial charge in [0.25, 0.3) is 5.91 Å². The third-order valence-corrected chi connectivity index (χ3v) is 3.28. The summed E-state index contributed by atoms with van der Waals surface area (Å²) in [5, 5.41) is 13.0. The van der Waals surface area contributed by atoms with Crippen LogP contribution in [0.1, 0.15) is 30.8 Å². The zero-order valence-electron chi connectivity index (χ0n) is 12.6. The van der Waals surface area contributed by atoms with Crippen LogP contribution in [0.15, 0.2) is 16.7 Å². The van der Waals surface area contributed by atoms with Gasteiger partial charge < -0.3 is 19.9 Å².